The van der Waals surface area contributed by atoms with Crippen LogP contribution in [0.5, 0.6) is 0 Å². The largest absolute Gasteiger partial charge is 0.394 e. The minimum Gasteiger partial charge on any atom is -0.394 e. The summed E-state index contributed by atoms with van der Waals surface area (Å²) in [4.78, 5) is 10.7. The first kappa shape index (κ1) is 11.4. The van der Waals surface area contributed by atoms with Crippen LogP contribution in [0.3, 0.4) is 0 Å². The van der Waals surface area contributed by atoms with E-state index in [2.05, 4.69) is 5.32 Å². The molecule has 4 nitrogen and oxygen atoms in total. The van der Waals surface area contributed by atoms with Crippen molar-refractivity contribution in [1.29, 1.82) is 0 Å². The van der Waals surface area contributed by atoms with Gasteiger partial charge in [-0.15, -0.1) is 0 Å². The topological polar surface area (TPSA) is 58.6 Å². The van der Waals surface area contributed by atoms with Crippen molar-refractivity contribution in [2.45, 2.75) is 19.8 Å². The van der Waals surface area contributed by atoms with E-state index in [1.807, 2.05) is 6.92 Å². The molecule has 0 aliphatic heterocycles. The number of hydrogen-bond acceptors (Lipinski definition) is 3. The highest BCUT2D eigenvalue weighted by Crippen LogP contribution is 1.81. The maximum Gasteiger partial charge on any atom is 0.219 e. The second kappa shape index (κ2) is 8.49. The zero-order valence-electron chi connectivity index (χ0n) is 7.51. The lowest BCUT2D eigenvalue weighted by Crippen LogP contribution is -2.24. The summed E-state index contributed by atoms with van der Waals surface area (Å²) in [6, 6.07) is 0. The third-order valence-corrected chi connectivity index (χ3v) is 1.34. The average molecular weight is 175 g/mol. The van der Waals surface area contributed by atoms with Gasteiger partial charge >= 0.3 is 0 Å². The molecule has 0 aliphatic carbocycles. The first-order chi connectivity index (χ1) is 5.81. The second-order valence-corrected chi connectivity index (χ2v) is 2.39. The Bertz CT molecular complexity index is 117. The molecule has 0 bridgehead atoms. The summed E-state index contributed by atoms with van der Waals surface area (Å²) in [6.07, 6.45) is 1.32. The van der Waals surface area contributed by atoms with Gasteiger partial charge in [0.2, 0.25) is 5.91 Å². The van der Waals surface area contributed by atoms with Gasteiger partial charge in [-0.25, -0.2) is 0 Å². The molecule has 72 valence electrons. The minimum atomic E-state index is 0.0569. The van der Waals surface area contributed by atoms with Crippen LogP contribution in [0.1, 0.15) is 19.8 Å². The number of aliphatic hydroxyl groups is 1. The van der Waals surface area contributed by atoms with Crippen LogP contribution in [0.15, 0.2) is 0 Å². The van der Waals surface area contributed by atoms with Gasteiger partial charge in [0.15, 0.2) is 0 Å². The third kappa shape index (κ3) is 7.50. The molecule has 12 heavy (non-hydrogen) atoms. The lowest BCUT2D eigenvalue weighted by molar-refractivity contribution is -0.120. The van der Waals surface area contributed by atoms with Crippen LogP contribution >= 0.6 is 0 Å². The molecule has 0 saturated heterocycles. The van der Waals surface area contributed by atoms with Crippen molar-refractivity contribution in [1.82, 2.24) is 5.32 Å². The van der Waals surface area contributed by atoms with Gasteiger partial charge in [0.25, 0.3) is 0 Å². The van der Waals surface area contributed by atoms with Gasteiger partial charge in [-0.3, -0.25) is 4.79 Å². The first-order valence-electron chi connectivity index (χ1n) is 4.26. The number of amides is 1. The van der Waals surface area contributed by atoms with Crippen LogP contribution in [0.2, 0.25) is 0 Å². The van der Waals surface area contributed by atoms with Crippen molar-refractivity contribution in [3.63, 3.8) is 0 Å². The molecule has 0 aromatic heterocycles. The Morgan fingerprint density at radius 1 is 1.50 bits per heavy atom. The minimum absolute atomic E-state index is 0.0569. The summed E-state index contributed by atoms with van der Waals surface area (Å²) in [5, 5.41) is 11.1. The standard InChI is InChI=1S/C8H17NO3/c1-2-8(11)9-4-3-6-12-7-5-10/h10H,2-7H2,1H3,(H,9,11). The van der Waals surface area contributed by atoms with Gasteiger partial charge in [-0.2, -0.15) is 0 Å². The summed E-state index contributed by atoms with van der Waals surface area (Å²) in [5.74, 6) is 0.0668. The summed E-state index contributed by atoms with van der Waals surface area (Å²) in [5.41, 5.74) is 0. The summed E-state index contributed by atoms with van der Waals surface area (Å²) >= 11 is 0. The van der Waals surface area contributed by atoms with Crippen LogP contribution in [-0.2, 0) is 9.53 Å². The highest BCUT2D eigenvalue weighted by molar-refractivity contribution is 5.75. The molecular formula is C8H17NO3. The van der Waals surface area contributed by atoms with E-state index >= 15 is 0 Å². The Balaban J connectivity index is 2.95. The van der Waals surface area contributed by atoms with Crippen molar-refractivity contribution in [2.24, 2.45) is 0 Å². The van der Waals surface area contributed by atoms with E-state index in [4.69, 9.17) is 9.84 Å². The number of carbonyl (C=O) groups excluding carboxylic acids is 1. The molecule has 0 atom stereocenters. The molecule has 0 aromatic carbocycles. The van der Waals surface area contributed by atoms with E-state index in [1.165, 1.54) is 0 Å². The number of ether oxygens (including phenoxy) is 1. The van der Waals surface area contributed by atoms with Crippen molar-refractivity contribution in [3.8, 4) is 0 Å². The Kier molecular flexibility index (Phi) is 8.05. The molecule has 0 rings (SSSR count). The fourth-order valence-corrected chi connectivity index (χ4v) is 0.694. The number of rotatable bonds is 7. The predicted octanol–water partition coefficient (Wildman–Crippen LogP) is -0.0884. The quantitative estimate of drug-likeness (QED) is 0.532. The molecule has 0 aromatic rings. The van der Waals surface area contributed by atoms with E-state index in [9.17, 15) is 4.79 Å². The molecule has 2 N–H and O–H groups in total. The van der Waals surface area contributed by atoms with Gasteiger partial charge < -0.3 is 15.2 Å². The fraction of sp³-hybridized carbons (Fsp3) is 0.875. The third-order valence-electron chi connectivity index (χ3n) is 1.34. The smallest absolute Gasteiger partial charge is 0.219 e. The number of hydrogen-bond donors (Lipinski definition) is 2. The molecule has 0 spiro atoms. The van der Waals surface area contributed by atoms with Gasteiger partial charge in [0.05, 0.1) is 13.2 Å². The molecule has 0 fully saturated rings. The van der Waals surface area contributed by atoms with Gasteiger partial charge in [-0.1, -0.05) is 6.92 Å². The Labute approximate surface area is 72.9 Å². The lowest BCUT2D eigenvalue weighted by atomic mass is 10.4. The van der Waals surface area contributed by atoms with Crippen LogP contribution < -0.4 is 5.32 Å². The Hall–Kier alpha value is -0.610. The zero-order chi connectivity index (χ0) is 9.23. The molecule has 0 heterocycles. The second-order valence-electron chi connectivity index (χ2n) is 2.39. The molecular weight excluding hydrogens is 158 g/mol. The monoisotopic (exact) mass is 175 g/mol. The van der Waals surface area contributed by atoms with Crippen molar-refractivity contribution < 1.29 is 14.6 Å². The first-order valence-corrected chi connectivity index (χ1v) is 4.26. The SMILES string of the molecule is CCC(=O)NCCCOCCO. The van der Waals surface area contributed by atoms with E-state index in [0.29, 0.717) is 26.2 Å². The number of carbonyl (C=O) groups is 1. The van der Waals surface area contributed by atoms with Crippen LogP contribution in [0, 0.1) is 0 Å². The average Bonchev–Trinajstić information content (AvgIpc) is 2.10. The summed E-state index contributed by atoms with van der Waals surface area (Å²) < 4.78 is 5.00. The lowest BCUT2D eigenvalue weighted by Gasteiger charge is -2.03. The van der Waals surface area contributed by atoms with E-state index in [1.54, 1.807) is 0 Å². The Morgan fingerprint density at radius 2 is 2.25 bits per heavy atom. The summed E-state index contributed by atoms with van der Waals surface area (Å²) in [7, 11) is 0. The maximum absolute atomic E-state index is 10.7. The molecule has 0 radical (unpaired) electrons. The van der Waals surface area contributed by atoms with Gasteiger partial charge in [0, 0.05) is 19.6 Å². The van der Waals surface area contributed by atoms with Crippen molar-refractivity contribution >= 4 is 5.91 Å². The normalized spacial score (nSPS) is 9.83. The number of aliphatic hydroxyl groups excluding tert-OH is 1. The Morgan fingerprint density at radius 3 is 2.83 bits per heavy atom. The molecule has 0 unspecified atom stereocenters. The number of nitrogens with one attached hydrogen (secondary N) is 1. The van der Waals surface area contributed by atoms with E-state index in [-0.39, 0.29) is 12.5 Å². The molecule has 1 amide bonds. The maximum atomic E-state index is 10.7. The van der Waals surface area contributed by atoms with Gasteiger partial charge in [0.1, 0.15) is 0 Å². The highest BCUT2D eigenvalue weighted by atomic mass is 16.5. The molecule has 0 saturated carbocycles. The molecule has 4 heteroatoms. The molecule has 0 aliphatic rings. The summed E-state index contributed by atoms with van der Waals surface area (Å²) in [6.45, 7) is 3.49. The van der Waals surface area contributed by atoms with Crippen molar-refractivity contribution in [3.05, 3.63) is 0 Å². The van der Waals surface area contributed by atoms with E-state index in [0.717, 1.165) is 6.42 Å². The van der Waals surface area contributed by atoms with Gasteiger partial charge in [-0.05, 0) is 6.42 Å². The van der Waals surface area contributed by atoms with Crippen LogP contribution in [0.25, 0.3) is 0 Å². The van der Waals surface area contributed by atoms with E-state index < -0.39 is 0 Å². The van der Waals surface area contributed by atoms with Crippen molar-refractivity contribution in [2.75, 3.05) is 26.4 Å². The van der Waals surface area contributed by atoms with Crippen LogP contribution in [-0.4, -0.2) is 37.4 Å². The highest BCUT2D eigenvalue weighted by Gasteiger charge is 1.94. The zero-order valence-corrected chi connectivity index (χ0v) is 7.51. The van der Waals surface area contributed by atoms with Crippen LogP contribution in [0.4, 0.5) is 0 Å². The predicted molar refractivity (Wildman–Crippen MR) is 45.8 cm³/mol. The fourth-order valence-electron chi connectivity index (χ4n) is 0.694.